The van der Waals surface area contributed by atoms with Crippen molar-refractivity contribution in [1.29, 1.82) is 5.26 Å². The summed E-state index contributed by atoms with van der Waals surface area (Å²) in [5, 5.41) is 8.85. The molecule has 0 aliphatic carbocycles. The second-order valence-electron chi connectivity index (χ2n) is 4.17. The number of benzene rings is 2. The van der Waals surface area contributed by atoms with E-state index in [4.69, 9.17) is 14.2 Å². The van der Waals surface area contributed by atoms with Crippen molar-refractivity contribution in [3.63, 3.8) is 0 Å². The molecule has 0 amide bonds. The van der Waals surface area contributed by atoms with E-state index in [2.05, 4.69) is 0 Å². The molecule has 0 N–H and O–H groups in total. The lowest BCUT2D eigenvalue weighted by Gasteiger charge is -2.12. The van der Waals surface area contributed by atoms with Gasteiger partial charge in [-0.3, -0.25) is 0 Å². The molecule has 0 heterocycles. The highest BCUT2D eigenvalue weighted by molar-refractivity contribution is 7.87. The first-order valence-corrected chi connectivity index (χ1v) is 7.74. The van der Waals surface area contributed by atoms with Crippen molar-refractivity contribution < 1.29 is 21.7 Å². The van der Waals surface area contributed by atoms with Crippen LogP contribution < -0.4 is 8.92 Å². The molecule has 114 valence electrons. The Morgan fingerprint density at radius 2 is 1.91 bits per heavy atom. The summed E-state index contributed by atoms with van der Waals surface area (Å²) in [5.74, 6) is -0.917. The average molecular weight is 321 g/mol. The van der Waals surface area contributed by atoms with Crippen molar-refractivity contribution in [3.05, 3.63) is 53.8 Å². The van der Waals surface area contributed by atoms with Crippen molar-refractivity contribution in [2.75, 3.05) is 6.61 Å². The van der Waals surface area contributed by atoms with Gasteiger partial charge in [0.15, 0.2) is 11.5 Å². The Morgan fingerprint density at radius 1 is 1.18 bits per heavy atom. The van der Waals surface area contributed by atoms with Crippen molar-refractivity contribution in [3.8, 4) is 17.6 Å². The summed E-state index contributed by atoms with van der Waals surface area (Å²) >= 11 is 0. The summed E-state index contributed by atoms with van der Waals surface area (Å²) in [6.07, 6.45) is 0. The lowest BCUT2D eigenvalue weighted by Crippen LogP contribution is -2.12. The number of hydrogen-bond acceptors (Lipinski definition) is 5. The van der Waals surface area contributed by atoms with Gasteiger partial charge in [-0.05, 0) is 31.2 Å². The maximum atomic E-state index is 13.6. The second kappa shape index (κ2) is 6.45. The van der Waals surface area contributed by atoms with Crippen LogP contribution in [-0.2, 0) is 10.1 Å². The van der Waals surface area contributed by atoms with Crippen molar-refractivity contribution in [2.24, 2.45) is 0 Å². The number of halogens is 1. The SMILES string of the molecule is CCOc1cc(C#N)ccc1OS(=O)(=O)c1ccccc1F. The van der Waals surface area contributed by atoms with Gasteiger partial charge < -0.3 is 8.92 Å². The lowest BCUT2D eigenvalue weighted by atomic mass is 10.2. The number of nitrogens with zero attached hydrogens (tertiary/aromatic N) is 1. The van der Waals surface area contributed by atoms with Crippen LogP contribution in [0.15, 0.2) is 47.4 Å². The molecule has 0 bridgehead atoms. The standard InChI is InChI=1S/C15H12FNO4S/c1-2-20-14-9-11(10-17)7-8-13(14)21-22(18,19)15-6-4-3-5-12(15)16/h3-9H,2H2,1H3. The molecule has 0 unspecified atom stereocenters. The fraction of sp³-hybridized carbons (Fsp3) is 0.133. The van der Waals surface area contributed by atoms with Gasteiger partial charge in [-0.2, -0.15) is 13.7 Å². The van der Waals surface area contributed by atoms with E-state index in [1.165, 1.54) is 30.3 Å². The van der Waals surface area contributed by atoms with Crippen LogP contribution in [0.1, 0.15) is 12.5 Å². The van der Waals surface area contributed by atoms with E-state index in [-0.39, 0.29) is 18.1 Å². The van der Waals surface area contributed by atoms with Gasteiger partial charge in [-0.15, -0.1) is 0 Å². The highest BCUT2D eigenvalue weighted by atomic mass is 32.2. The molecule has 5 nitrogen and oxygen atoms in total. The van der Waals surface area contributed by atoms with Crippen LogP contribution in [0.25, 0.3) is 0 Å². The van der Waals surface area contributed by atoms with E-state index in [1.54, 1.807) is 6.92 Å². The average Bonchev–Trinajstić information content (AvgIpc) is 2.49. The topological polar surface area (TPSA) is 76.4 Å². The molecule has 0 aliphatic rings. The third-order valence-electron chi connectivity index (χ3n) is 2.68. The van der Waals surface area contributed by atoms with Crippen LogP contribution in [0.4, 0.5) is 4.39 Å². The van der Waals surface area contributed by atoms with E-state index in [0.29, 0.717) is 5.56 Å². The van der Waals surface area contributed by atoms with Crippen molar-refractivity contribution >= 4 is 10.1 Å². The quantitative estimate of drug-likeness (QED) is 0.791. The molecule has 2 aromatic rings. The summed E-state index contributed by atoms with van der Waals surface area (Å²) in [4.78, 5) is -0.568. The highest BCUT2D eigenvalue weighted by Crippen LogP contribution is 2.31. The molecule has 0 aromatic heterocycles. The Balaban J connectivity index is 2.42. The Kier molecular flexibility index (Phi) is 4.63. The zero-order valence-corrected chi connectivity index (χ0v) is 12.4. The molecule has 0 aliphatic heterocycles. The van der Waals surface area contributed by atoms with Gasteiger partial charge in [-0.25, -0.2) is 4.39 Å². The summed E-state index contributed by atoms with van der Waals surface area (Å²) in [5.41, 5.74) is 0.291. The first-order valence-electron chi connectivity index (χ1n) is 6.34. The smallest absolute Gasteiger partial charge is 0.342 e. The molecule has 0 saturated heterocycles. The molecule has 7 heteroatoms. The number of nitriles is 1. The Hall–Kier alpha value is -2.59. The molecule has 0 spiro atoms. The monoisotopic (exact) mass is 321 g/mol. The van der Waals surface area contributed by atoms with Gasteiger partial charge in [0.2, 0.25) is 0 Å². The van der Waals surface area contributed by atoms with E-state index in [9.17, 15) is 12.8 Å². The molecule has 0 saturated carbocycles. The van der Waals surface area contributed by atoms with Crippen LogP contribution in [0.5, 0.6) is 11.5 Å². The predicted molar refractivity (Wildman–Crippen MR) is 76.5 cm³/mol. The normalized spacial score (nSPS) is 10.8. The van der Waals surface area contributed by atoms with Crippen LogP contribution in [0.2, 0.25) is 0 Å². The molecule has 22 heavy (non-hydrogen) atoms. The molecule has 0 atom stereocenters. The number of ether oxygens (including phenoxy) is 1. The minimum Gasteiger partial charge on any atom is -0.490 e. The minimum absolute atomic E-state index is 0.0986. The lowest BCUT2D eigenvalue weighted by molar-refractivity contribution is 0.327. The zero-order chi connectivity index (χ0) is 16.2. The first-order chi connectivity index (χ1) is 10.5. The third kappa shape index (κ3) is 3.35. The van der Waals surface area contributed by atoms with Gasteiger partial charge in [0, 0.05) is 6.07 Å². The Bertz CT molecular complexity index is 828. The van der Waals surface area contributed by atoms with Crippen LogP contribution in [0.3, 0.4) is 0 Å². The number of rotatable bonds is 5. The van der Waals surface area contributed by atoms with Crippen LogP contribution >= 0.6 is 0 Å². The van der Waals surface area contributed by atoms with E-state index >= 15 is 0 Å². The van der Waals surface area contributed by atoms with Gasteiger partial charge in [0.05, 0.1) is 18.2 Å². The number of hydrogen-bond donors (Lipinski definition) is 0. The fourth-order valence-electron chi connectivity index (χ4n) is 1.73. The summed E-state index contributed by atoms with van der Waals surface area (Å²) < 4.78 is 48.1. The maximum absolute atomic E-state index is 13.6. The summed E-state index contributed by atoms with van der Waals surface area (Å²) in [6, 6.07) is 10.8. The minimum atomic E-state index is -4.34. The third-order valence-corrected chi connectivity index (χ3v) is 3.95. The molecule has 2 aromatic carbocycles. The van der Waals surface area contributed by atoms with Gasteiger partial charge in [0.1, 0.15) is 10.7 Å². The highest BCUT2D eigenvalue weighted by Gasteiger charge is 2.22. The fourth-order valence-corrected chi connectivity index (χ4v) is 2.74. The van der Waals surface area contributed by atoms with E-state index in [1.807, 2.05) is 6.07 Å². The van der Waals surface area contributed by atoms with Crippen LogP contribution in [-0.4, -0.2) is 15.0 Å². The molecule has 0 fully saturated rings. The van der Waals surface area contributed by atoms with E-state index in [0.717, 1.165) is 12.1 Å². The maximum Gasteiger partial charge on any atom is 0.342 e. The van der Waals surface area contributed by atoms with Crippen molar-refractivity contribution in [2.45, 2.75) is 11.8 Å². The second-order valence-corrected chi connectivity index (χ2v) is 5.69. The molecule has 0 radical (unpaired) electrons. The van der Waals surface area contributed by atoms with Gasteiger partial charge in [0.25, 0.3) is 0 Å². The predicted octanol–water partition coefficient (Wildman–Crippen LogP) is 2.86. The molecule has 2 rings (SSSR count). The zero-order valence-electron chi connectivity index (χ0n) is 11.6. The van der Waals surface area contributed by atoms with Crippen molar-refractivity contribution in [1.82, 2.24) is 0 Å². The summed E-state index contributed by atoms with van der Waals surface area (Å²) in [7, 11) is -4.34. The summed E-state index contributed by atoms with van der Waals surface area (Å²) in [6.45, 7) is 1.96. The Labute approximate surface area is 127 Å². The van der Waals surface area contributed by atoms with Gasteiger partial charge >= 0.3 is 10.1 Å². The molecular weight excluding hydrogens is 309 g/mol. The largest absolute Gasteiger partial charge is 0.490 e. The van der Waals surface area contributed by atoms with Crippen LogP contribution in [0, 0.1) is 17.1 Å². The van der Waals surface area contributed by atoms with Gasteiger partial charge in [-0.1, -0.05) is 12.1 Å². The first kappa shape index (κ1) is 15.8. The van der Waals surface area contributed by atoms with E-state index < -0.39 is 20.8 Å². The Morgan fingerprint density at radius 3 is 2.55 bits per heavy atom. The molecular formula is C15H12FNO4S.